The van der Waals surface area contributed by atoms with E-state index >= 15 is 0 Å². The summed E-state index contributed by atoms with van der Waals surface area (Å²) in [6, 6.07) is 14.0. The first-order valence-corrected chi connectivity index (χ1v) is 8.53. The zero-order valence-corrected chi connectivity index (χ0v) is 14.9. The Balaban J connectivity index is 1.45. The number of hydrazine groups is 1. The third kappa shape index (κ3) is 4.34. The van der Waals surface area contributed by atoms with E-state index in [2.05, 4.69) is 28.3 Å². The topological polar surface area (TPSA) is 96.3 Å². The van der Waals surface area contributed by atoms with E-state index in [9.17, 15) is 14.9 Å². The van der Waals surface area contributed by atoms with Crippen molar-refractivity contribution in [1.29, 1.82) is 0 Å². The van der Waals surface area contributed by atoms with Gasteiger partial charge in [0.05, 0.1) is 4.92 Å². The number of nitro groups is 1. The zero-order chi connectivity index (χ0) is 18.7. The Morgan fingerprint density at radius 2 is 1.77 bits per heavy atom. The van der Waals surface area contributed by atoms with Crippen LogP contribution in [0, 0.1) is 23.0 Å². The third-order valence-corrected chi connectivity index (χ3v) is 4.47. The highest BCUT2D eigenvalue weighted by Crippen LogP contribution is 2.47. The van der Waals surface area contributed by atoms with E-state index in [0.717, 1.165) is 6.42 Å². The van der Waals surface area contributed by atoms with Gasteiger partial charge in [-0.3, -0.25) is 25.8 Å². The first-order chi connectivity index (χ1) is 12.4. The molecule has 1 aliphatic rings. The number of hydrogen-bond donors (Lipinski definition) is 3. The van der Waals surface area contributed by atoms with Crippen molar-refractivity contribution in [2.24, 2.45) is 5.92 Å². The van der Waals surface area contributed by atoms with E-state index in [4.69, 9.17) is 12.2 Å². The SMILES string of the molecule is Cc1ccc([C@@H]2C[C@H]2C(=O)NNC(=S)Nc2ccc([N+](=O)[O-])cc2)cc1. The van der Waals surface area contributed by atoms with Gasteiger partial charge in [0.25, 0.3) is 5.69 Å². The van der Waals surface area contributed by atoms with Gasteiger partial charge in [0.15, 0.2) is 5.11 Å². The fourth-order valence-corrected chi connectivity index (χ4v) is 2.88. The fraction of sp³-hybridized carbons (Fsp3) is 0.222. The van der Waals surface area contributed by atoms with Crippen LogP contribution >= 0.6 is 12.2 Å². The standard InChI is InChI=1S/C18H18N4O3S/c1-11-2-4-12(5-3-11)15-10-16(15)17(23)20-21-18(26)19-13-6-8-14(9-7-13)22(24)25/h2-9,15-16H,10H2,1H3,(H,20,23)(H2,19,21,26)/t15-,16+/m0/s1. The summed E-state index contributed by atoms with van der Waals surface area (Å²) in [7, 11) is 0. The molecule has 0 bridgehead atoms. The summed E-state index contributed by atoms with van der Waals surface area (Å²) in [5.74, 6) is 0.0735. The van der Waals surface area contributed by atoms with E-state index in [1.54, 1.807) is 12.1 Å². The van der Waals surface area contributed by atoms with Gasteiger partial charge in [-0.15, -0.1) is 0 Å². The Bertz CT molecular complexity index is 837. The minimum absolute atomic E-state index is 0.00129. The summed E-state index contributed by atoms with van der Waals surface area (Å²) >= 11 is 5.11. The second kappa shape index (κ2) is 7.49. The van der Waals surface area contributed by atoms with Crippen LogP contribution < -0.4 is 16.2 Å². The third-order valence-electron chi connectivity index (χ3n) is 4.27. The number of nitro benzene ring substituents is 1. The predicted molar refractivity (Wildman–Crippen MR) is 103 cm³/mol. The van der Waals surface area contributed by atoms with E-state index in [-0.39, 0.29) is 28.5 Å². The average molecular weight is 370 g/mol. The van der Waals surface area contributed by atoms with Crippen LogP contribution in [-0.4, -0.2) is 15.9 Å². The lowest BCUT2D eigenvalue weighted by Gasteiger charge is -2.11. The van der Waals surface area contributed by atoms with Crippen LogP contribution in [0.1, 0.15) is 23.5 Å². The first-order valence-electron chi connectivity index (χ1n) is 8.12. The van der Waals surface area contributed by atoms with Gasteiger partial charge < -0.3 is 5.32 Å². The zero-order valence-electron chi connectivity index (χ0n) is 14.1. The van der Waals surface area contributed by atoms with Gasteiger partial charge in [-0.1, -0.05) is 29.8 Å². The molecule has 2 atom stereocenters. The number of benzene rings is 2. The maximum atomic E-state index is 12.2. The number of carbonyl (C=O) groups is 1. The van der Waals surface area contributed by atoms with Crippen LogP contribution in [0.15, 0.2) is 48.5 Å². The lowest BCUT2D eigenvalue weighted by atomic mass is 10.1. The fourth-order valence-electron chi connectivity index (χ4n) is 2.71. The number of rotatable bonds is 4. The van der Waals surface area contributed by atoms with Crippen LogP contribution in [0.3, 0.4) is 0 Å². The summed E-state index contributed by atoms with van der Waals surface area (Å²) in [4.78, 5) is 22.4. The molecule has 2 aromatic rings. The molecule has 3 rings (SSSR count). The van der Waals surface area contributed by atoms with Gasteiger partial charge in [-0.2, -0.15) is 0 Å². The van der Waals surface area contributed by atoms with Gasteiger partial charge in [0, 0.05) is 23.7 Å². The van der Waals surface area contributed by atoms with Gasteiger partial charge >= 0.3 is 0 Å². The monoisotopic (exact) mass is 370 g/mol. The molecule has 0 spiro atoms. The van der Waals surface area contributed by atoms with Crippen LogP contribution in [0.25, 0.3) is 0 Å². The summed E-state index contributed by atoms with van der Waals surface area (Å²) in [6.45, 7) is 2.03. The molecule has 0 saturated heterocycles. The highest BCUT2D eigenvalue weighted by Gasteiger charge is 2.43. The van der Waals surface area contributed by atoms with Crippen LogP contribution in [-0.2, 0) is 4.79 Å². The Morgan fingerprint density at radius 3 is 2.38 bits per heavy atom. The molecule has 0 unspecified atom stereocenters. The number of anilines is 1. The molecule has 1 fully saturated rings. The number of nitrogens with zero attached hydrogens (tertiary/aromatic N) is 1. The molecule has 3 N–H and O–H groups in total. The molecule has 8 heteroatoms. The average Bonchev–Trinajstić information content (AvgIpc) is 3.41. The highest BCUT2D eigenvalue weighted by molar-refractivity contribution is 7.80. The van der Waals surface area contributed by atoms with Crippen molar-refractivity contribution in [3.05, 3.63) is 69.8 Å². The normalized spacial score (nSPS) is 17.9. The van der Waals surface area contributed by atoms with E-state index in [1.165, 1.54) is 23.3 Å². The van der Waals surface area contributed by atoms with Crippen LogP contribution in [0.2, 0.25) is 0 Å². The maximum Gasteiger partial charge on any atom is 0.269 e. The van der Waals surface area contributed by atoms with Gasteiger partial charge in [-0.25, -0.2) is 0 Å². The predicted octanol–water partition coefficient (Wildman–Crippen LogP) is 3.02. The largest absolute Gasteiger partial charge is 0.331 e. The minimum Gasteiger partial charge on any atom is -0.331 e. The molecule has 0 heterocycles. The number of thiocarbonyl (C=S) groups is 1. The molecule has 1 amide bonds. The van der Waals surface area contributed by atoms with E-state index in [0.29, 0.717) is 5.69 Å². The molecule has 0 aromatic heterocycles. The van der Waals surface area contributed by atoms with Crippen molar-refractivity contribution in [2.75, 3.05) is 5.32 Å². The second-order valence-corrected chi connectivity index (χ2v) is 6.64. The first kappa shape index (κ1) is 17.8. The van der Waals surface area contributed by atoms with Crippen molar-refractivity contribution in [3.63, 3.8) is 0 Å². The number of nitrogens with one attached hydrogen (secondary N) is 3. The molecule has 1 saturated carbocycles. The van der Waals surface area contributed by atoms with Gasteiger partial charge in [-0.05, 0) is 49.2 Å². The number of non-ortho nitro benzene ring substituents is 1. The second-order valence-electron chi connectivity index (χ2n) is 6.23. The van der Waals surface area contributed by atoms with Crippen molar-refractivity contribution in [1.82, 2.24) is 10.9 Å². The number of aryl methyl sites for hydroxylation is 1. The summed E-state index contributed by atoms with van der Waals surface area (Å²) in [5.41, 5.74) is 8.21. The summed E-state index contributed by atoms with van der Waals surface area (Å²) in [5, 5.41) is 13.7. The van der Waals surface area contributed by atoms with Crippen LogP contribution in [0.4, 0.5) is 11.4 Å². The highest BCUT2D eigenvalue weighted by atomic mass is 32.1. The number of hydrogen-bond acceptors (Lipinski definition) is 4. The Kier molecular flexibility index (Phi) is 5.13. The Hall–Kier alpha value is -3.00. The molecular formula is C18H18N4O3S. The van der Waals surface area contributed by atoms with Crippen molar-refractivity contribution in [3.8, 4) is 0 Å². The van der Waals surface area contributed by atoms with E-state index in [1.807, 2.05) is 19.1 Å². The Labute approximate surface area is 155 Å². The molecule has 7 nitrogen and oxygen atoms in total. The van der Waals surface area contributed by atoms with Crippen molar-refractivity contribution < 1.29 is 9.72 Å². The molecule has 1 aliphatic carbocycles. The number of amides is 1. The van der Waals surface area contributed by atoms with Crippen molar-refractivity contribution in [2.45, 2.75) is 19.3 Å². The molecule has 26 heavy (non-hydrogen) atoms. The molecule has 0 radical (unpaired) electrons. The lowest BCUT2D eigenvalue weighted by Crippen LogP contribution is -2.44. The maximum absolute atomic E-state index is 12.2. The summed E-state index contributed by atoms with van der Waals surface area (Å²) < 4.78 is 0. The van der Waals surface area contributed by atoms with Crippen molar-refractivity contribution >= 4 is 34.6 Å². The minimum atomic E-state index is -0.472. The Morgan fingerprint density at radius 1 is 1.12 bits per heavy atom. The van der Waals surface area contributed by atoms with Gasteiger partial charge in [0.2, 0.25) is 5.91 Å². The molecular weight excluding hydrogens is 352 g/mol. The summed E-state index contributed by atoms with van der Waals surface area (Å²) in [6.07, 6.45) is 0.819. The molecule has 134 valence electrons. The van der Waals surface area contributed by atoms with Crippen LogP contribution in [0.5, 0.6) is 0 Å². The number of carbonyl (C=O) groups excluding carboxylic acids is 1. The molecule has 0 aliphatic heterocycles. The quantitative estimate of drug-likeness (QED) is 0.435. The molecule has 2 aromatic carbocycles. The lowest BCUT2D eigenvalue weighted by molar-refractivity contribution is -0.384. The smallest absolute Gasteiger partial charge is 0.269 e. The van der Waals surface area contributed by atoms with Gasteiger partial charge in [0.1, 0.15) is 0 Å². The van der Waals surface area contributed by atoms with E-state index < -0.39 is 4.92 Å².